The summed E-state index contributed by atoms with van der Waals surface area (Å²) < 4.78 is 9.99. The average molecular weight is 122 g/mol. The van der Waals surface area contributed by atoms with E-state index in [2.05, 4.69) is 0 Å². The molecule has 0 aromatic heterocycles. The summed E-state index contributed by atoms with van der Waals surface area (Å²) in [5, 5.41) is 0. The third kappa shape index (κ3) is 2.17. The van der Waals surface area contributed by atoms with Crippen LogP contribution in [0.4, 0.5) is 0 Å². The standard InChI is InChI=1S/CH3N2O3P/c1-7(6,2-4)3-5/h1H3. The van der Waals surface area contributed by atoms with Gasteiger partial charge in [-0.05, 0) is 0 Å². The van der Waals surface area contributed by atoms with Crippen molar-refractivity contribution in [3.05, 3.63) is 9.81 Å². The molecule has 0 heterocycles. The Balaban J connectivity index is 4.13. The predicted octanol–water partition coefficient (Wildman–Crippen LogP) is 1.34. The Hall–Kier alpha value is -0.570. The highest BCUT2D eigenvalue weighted by atomic mass is 31.2. The lowest BCUT2D eigenvalue weighted by molar-refractivity contribution is 0.580. The fourth-order valence-electron chi connectivity index (χ4n) is 0.0149. The van der Waals surface area contributed by atoms with Crippen molar-refractivity contribution in [2.24, 2.45) is 9.89 Å². The van der Waals surface area contributed by atoms with Gasteiger partial charge < -0.3 is 0 Å². The topological polar surface area (TPSA) is 75.9 Å². The van der Waals surface area contributed by atoms with Crippen molar-refractivity contribution in [1.82, 2.24) is 0 Å². The van der Waals surface area contributed by atoms with Gasteiger partial charge in [-0.25, -0.2) is 0 Å². The van der Waals surface area contributed by atoms with Crippen LogP contribution in [0.15, 0.2) is 9.89 Å². The van der Waals surface area contributed by atoms with Gasteiger partial charge in [0.15, 0.2) is 0 Å². The van der Waals surface area contributed by atoms with Gasteiger partial charge in [-0.15, -0.1) is 9.81 Å². The van der Waals surface area contributed by atoms with E-state index < -0.39 is 7.44 Å². The van der Waals surface area contributed by atoms with E-state index in [1.54, 1.807) is 0 Å². The number of rotatable bonds is 2. The van der Waals surface area contributed by atoms with Crippen molar-refractivity contribution >= 4 is 7.44 Å². The third-order valence-electron chi connectivity index (χ3n) is 0.303. The number of hydrogen-bond acceptors (Lipinski definition) is 3. The molecule has 40 valence electrons. The maximum absolute atomic E-state index is 9.99. The highest BCUT2D eigenvalue weighted by Crippen LogP contribution is 2.43. The van der Waals surface area contributed by atoms with Crippen molar-refractivity contribution in [2.45, 2.75) is 0 Å². The molecule has 0 bridgehead atoms. The van der Waals surface area contributed by atoms with Crippen molar-refractivity contribution in [1.29, 1.82) is 0 Å². The fourth-order valence-corrected chi connectivity index (χ4v) is 0.0447. The van der Waals surface area contributed by atoms with Crippen LogP contribution in [0.5, 0.6) is 0 Å². The molecule has 0 unspecified atom stereocenters. The molecule has 0 aromatic carbocycles. The van der Waals surface area contributed by atoms with Gasteiger partial charge in [-0.3, -0.25) is 4.57 Å². The van der Waals surface area contributed by atoms with Crippen LogP contribution in [-0.4, -0.2) is 6.66 Å². The van der Waals surface area contributed by atoms with Crippen molar-refractivity contribution < 1.29 is 4.57 Å². The Bertz CT molecular complexity index is 119. The van der Waals surface area contributed by atoms with Gasteiger partial charge >= 0.3 is 7.44 Å². The van der Waals surface area contributed by atoms with E-state index in [0.717, 1.165) is 6.66 Å². The van der Waals surface area contributed by atoms with E-state index in [0.29, 0.717) is 0 Å². The van der Waals surface area contributed by atoms with Gasteiger partial charge in [0.05, 0.1) is 0 Å². The summed E-state index contributed by atoms with van der Waals surface area (Å²) in [5.41, 5.74) is 0. The molecular weight excluding hydrogens is 119 g/mol. The van der Waals surface area contributed by atoms with Gasteiger partial charge in [-0.2, -0.15) is 0 Å². The smallest absolute Gasteiger partial charge is 0.266 e. The van der Waals surface area contributed by atoms with Crippen LogP contribution >= 0.6 is 7.44 Å². The molecule has 0 saturated heterocycles. The fraction of sp³-hybridized carbons (Fsp3) is 1.00. The molecular formula is CH3N2O3P. The predicted molar refractivity (Wildman–Crippen MR) is 25.1 cm³/mol. The van der Waals surface area contributed by atoms with E-state index in [4.69, 9.17) is 0 Å². The van der Waals surface area contributed by atoms with E-state index >= 15 is 0 Å². The first-order valence-electron chi connectivity index (χ1n) is 1.39. The quantitative estimate of drug-likeness (QED) is 0.409. The molecule has 0 N–H and O–H groups in total. The summed E-state index contributed by atoms with van der Waals surface area (Å²) in [4.78, 5) is 22.4. The zero-order valence-electron chi connectivity index (χ0n) is 3.57. The largest absolute Gasteiger partial charge is 0.371 e. The summed E-state index contributed by atoms with van der Waals surface area (Å²) in [5.74, 6) is 0. The van der Waals surface area contributed by atoms with E-state index in [9.17, 15) is 14.4 Å². The first kappa shape index (κ1) is 6.43. The number of nitroso groups, excluding NO2 is 2. The van der Waals surface area contributed by atoms with Crippen LogP contribution in [0.25, 0.3) is 0 Å². The summed E-state index contributed by atoms with van der Waals surface area (Å²) >= 11 is 0. The van der Waals surface area contributed by atoms with Gasteiger partial charge in [-0.1, -0.05) is 0 Å². The maximum atomic E-state index is 9.99. The lowest BCUT2D eigenvalue weighted by Crippen LogP contribution is -1.58. The Morgan fingerprint density at radius 1 is 1.29 bits per heavy atom. The molecule has 0 aromatic rings. The first-order valence-corrected chi connectivity index (χ1v) is 3.45. The summed E-state index contributed by atoms with van der Waals surface area (Å²) in [6, 6.07) is 0. The molecule has 7 heavy (non-hydrogen) atoms. The third-order valence-corrected chi connectivity index (χ3v) is 0.909. The molecule has 0 aliphatic carbocycles. The molecule has 0 atom stereocenters. The van der Waals surface area contributed by atoms with Gasteiger partial charge in [0.25, 0.3) is 0 Å². The molecule has 0 radical (unpaired) electrons. The molecule has 0 amide bonds. The second kappa shape index (κ2) is 1.93. The number of hydrogen-bond donors (Lipinski definition) is 0. The lowest BCUT2D eigenvalue weighted by atomic mass is 12.0. The molecule has 5 nitrogen and oxygen atoms in total. The minimum Gasteiger partial charge on any atom is -0.266 e. The van der Waals surface area contributed by atoms with Crippen LogP contribution in [0.1, 0.15) is 0 Å². The van der Waals surface area contributed by atoms with Gasteiger partial charge in [0.2, 0.25) is 0 Å². The number of nitrogens with zero attached hydrogens (tertiary/aromatic N) is 2. The van der Waals surface area contributed by atoms with Crippen LogP contribution < -0.4 is 0 Å². The molecule has 0 spiro atoms. The Labute approximate surface area is 39.5 Å². The molecule has 0 fully saturated rings. The van der Waals surface area contributed by atoms with E-state index in [1.165, 1.54) is 0 Å². The minimum absolute atomic E-state index is 0.896. The van der Waals surface area contributed by atoms with Crippen LogP contribution in [0.2, 0.25) is 0 Å². The summed E-state index contributed by atoms with van der Waals surface area (Å²) in [6.45, 7) is 0.896. The monoisotopic (exact) mass is 122 g/mol. The van der Waals surface area contributed by atoms with E-state index in [1.807, 2.05) is 9.89 Å². The minimum atomic E-state index is -3.52. The first-order chi connectivity index (χ1) is 3.12. The van der Waals surface area contributed by atoms with Crippen molar-refractivity contribution in [3.8, 4) is 0 Å². The Kier molecular flexibility index (Phi) is 1.77. The molecule has 0 saturated carbocycles. The maximum Gasteiger partial charge on any atom is 0.371 e. The summed E-state index contributed by atoms with van der Waals surface area (Å²) in [6.07, 6.45) is 0. The zero-order valence-corrected chi connectivity index (χ0v) is 4.46. The second-order valence-electron chi connectivity index (χ2n) is 0.999. The SMILES string of the molecule is CP(=O)(N=O)N=O. The van der Waals surface area contributed by atoms with Crippen LogP contribution in [0.3, 0.4) is 0 Å². The Morgan fingerprint density at radius 3 is 1.57 bits per heavy atom. The van der Waals surface area contributed by atoms with Gasteiger partial charge in [0, 0.05) is 16.6 Å². The second-order valence-corrected chi connectivity index (χ2v) is 3.00. The molecule has 0 rings (SSSR count). The average Bonchev–Trinajstić information content (AvgIpc) is 1.68. The van der Waals surface area contributed by atoms with Crippen molar-refractivity contribution in [3.63, 3.8) is 0 Å². The Morgan fingerprint density at radius 2 is 1.57 bits per heavy atom. The highest BCUT2D eigenvalue weighted by Gasteiger charge is 2.12. The zero-order chi connectivity index (χ0) is 5.91. The van der Waals surface area contributed by atoms with Crippen molar-refractivity contribution in [2.75, 3.05) is 6.66 Å². The van der Waals surface area contributed by atoms with Crippen LogP contribution in [-0.2, 0) is 4.57 Å². The highest BCUT2D eigenvalue weighted by molar-refractivity contribution is 7.60. The molecule has 0 aliphatic rings. The molecule has 6 heteroatoms. The molecule has 0 aliphatic heterocycles. The normalized spacial score (nSPS) is 10.4. The lowest BCUT2D eigenvalue weighted by Gasteiger charge is -1.81. The van der Waals surface area contributed by atoms with Gasteiger partial charge in [0.1, 0.15) is 0 Å². The summed E-state index contributed by atoms with van der Waals surface area (Å²) in [7, 11) is -3.52. The van der Waals surface area contributed by atoms with Crippen LogP contribution in [0, 0.1) is 9.81 Å². The van der Waals surface area contributed by atoms with E-state index in [-0.39, 0.29) is 0 Å².